The molecule has 0 aromatic heterocycles. The molecule has 2 aromatic rings. The molecule has 1 aliphatic heterocycles. The van der Waals surface area contributed by atoms with E-state index in [-0.39, 0.29) is 16.8 Å². The van der Waals surface area contributed by atoms with Gasteiger partial charge in [-0.05, 0) is 55.2 Å². The van der Waals surface area contributed by atoms with Gasteiger partial charge >= 0.3 is 0 Å². The van der Waals surface area contributed by atoms with E-state index < -0.39 is 15.6 Å². The average molecular weight is 412 g/mol. The molecule has 1 aliphatic rings. The summed E-state index contributed by atoms with van der Waals surface area (Å²) < 4.78 is 25.0. The van der Waals surface area contributed by atoms with Crippen LogP contribution in [0.4, 0.5) is 0 Å². The fourth-order valence-corrected chi connectivity index (χ4v) is 4.81. The van der Waals surface area contributed by atoms with Gasteiger partial charge in [0.05, 0.1) is 4.90 Å². The first-order valence-corrected chi connectivity index (χ1v) is 10.8. The largest absolute Gasteiger partial charge is 0.338 e. The first-order chi connectivity index (χ1) is 12.4. The Morgan fingerprint density at radius 3 is 2.46 bits per heavy atom. The molecule has 0 radical (unpaired) electrons. The maximum absolute atomic E-state index is 12.7. The zero-order chi connectivity index (χ0) is 18.7. The van der Waals surface area contributed by atoms with Crippen LogP contribution in [0.1, 0.15) is 18.4 Å². The summed E-state index contributed by atoms with van der Waals surface area (Å²) in [5.74, 6) is -0.900. The minimum Gasteiger partial charge on any atom is -0.338 e. The van der Waals surface area contributed by atoms with E-state index in [1.165, 1.54) is 24.3 Å². The number of sulfone groups is 1. The molecule has 1 amide bonds. The zero-order valence-corrected chi connectivity index (χ0v) is 16.4. The zero-order valence-electron chi connectivity index (χ0n) is 14.1. The minimum absolute atomic E-state index is 0.0252. The van der Waals surface area contributed by atoms with Gasteiger partial charge in [-0.1, -0.05) is 41.4 Å². The number of carbonyl (C=O) groups is 1. The normalized spacial score (nSPS) is 17.5. The third kappa shape index (κ3) is 4.40. The Morgan fingerprint density at radius 1 is 1.08 bits per heavy atom. The molecule has 3 rings (SSSR count). The van der Waals surface area contributed by atoms with Crippen molar-refractivity contribution in [1.29, 1.82) is 0 Å². The van der Waals surface area contributed by atoms with Crippen LogP contribution in [0.2, 0.25) is 10.0 Å². The molecule has 2 aromatic carbocycles. The Hall–Kier alpha value is -1.56. The number of carbonyl (C=O) groups excluding carboxylic acids is 1. The molecule has 0 bridgehead atoms. The van der Waals surface area contributed by atoms with Crippen molar-refractivity contribution in [1.82, 2.24) is 4.90 Å². The number of hydrogen-bond donors (Lipinski definition) is 0. The van der Waals surface area contributed by atoms with Crippen LogP contribution in [-0.2, 0) is 21.1 Å². The third-order valence-electron chi connectivity index (χ3n) is 4.60. The lowest BCUT2D eigenvalue weighted by Crippen LogP contribution is -2.40. The number of halogens is 2. The van der Waals surface area contributed by atoms with Crippen molar-refractivity contribution in [3.63, 3.8) is 0 Å². The Balaban J connectivity index is 1.72. The fourth-order valence-electron chi connectivity index (χ4n) is 3.26. The summed E-state index contributed by atoms with van der Waals surface area (Å²) in [6, 6.07) is 13.4. The first-order valence-electron chi connectivity index (χ1n) is 8.38. The van der Waals surface area contributed by atoms with E-state index in [9.17, 15) is 13.2 Å². The number of amides is 1. The van der Waals surface area contributed by atoms with Crippen molar-refractivity contribution in [3.8, 4) is 0 Å². The lowest BCUT2D eigenvalue weighted by molar-refractivity contribution is -0.129. The van der Waals surface area contributed by atoms with E-state index in [0.717, 1.165) is 18.4 Å². The molecule has 26 heavy (non-hydrogen) atoms. The van der Waals surface area contributed by atoms with Crippen molar-refractivity contribution in [2.75, 3.05) is 12.3 Å². The predicted octanol–water partition coefficient (Wildman–Crippen LogP) is 4.00. The Labute approximate surface area is 163 Å². The lowest BCUT2D eigenvalue weighted by Gasteiger charge is -2.25. The lowest BCUT2D eigenvalue weighted by atomic mass is 10.0. The van der Waals surface area contributed by atoms with Crippen molar-refractivity contribution in [2.24, 2.45) is 0 Å². The number of nitrogens with zero attached hydrogens (tertiary/aromatic N) is 1. The summed E-state index contributed by atoms with van der Waals surface area (Å²) in [5, 5.41) is 1.12. The van der Waals surface area contributed by atoms with E-state index in [2.05, 4.69) is 0 Å². The first kappa shape index (κ1) is 19.2. The van der Waals surface area contributed by atoms with Crippen LogP contribution in [0.15, 0.2) is 53.4 Å². The third-order valence-corrected chi connectivity index (χ3v) is 6.84. The van der Waals surface area contributed by atoms with E-state index in [1.54, 1.807) is 4.90 Å². The average Bonchev–Trinajstić information content (AvgIpc) is 3.05. The highest BCUT2D eigenvalue weighted by Crippen LogP contribution is 2.26. The molecule has 1 saturated heterocycles. The minimum atomic E-state index is -3.69. The SMILES string of the molecule is O=C(CS(=O)(=O)c1ccc(Cl)cc1)N1CCCC1Cc1ccccc1Cl. The van der Waals surface area contributed by atoms with E-state index in [1.807, 2.05) is 24.3 Å². The summed E-state index contributed by atoms with van der Waals surface area (Å²) >= 11 is 12.0. The highest BCUT2D eigenvalue weighted by Gasteiger charge is 2.32. The van der Waals surface area contributed by atoms with Crippen molar-refractivity contribution in [3.05, 3.63) is 64.1 Å². The second-order valence-electron chi connectivity index (χ2n) is 6.39. The maximum Gasteiger partial charge on any atom is 0.238 e. The van der Waals surface area contributed by atoms with Crippen molar-refractivity contribution in [2.45, 2.75) is 30.2 Å². The van der Waals surface area contributed by atoms with Crippen LogP contribution in [0.25, 0.3) is 0 Å². The number of hydrogen-bond acceptors (Lipinski definition) is 3. The number of benzene rings is 2. The second-order valence-corrected chi connectivity index (χ2v) is 9.22. The smallest absolute Gasteiger partial charge is 0.238 e. The molecule has 7 heteroatoms. The van der Waals surface area contributed by atoms with Gasteiger partial charge in [-0.15, -0.1) is 0 Å². The highest BCUT2D eigenvalue weighted by atomic mass is 35.5. The fraction of sp³-hybridized carbons (Fsp3) is 0.316. The molecule has 0 saturated carbocycles. The van der Waals surface area contributed by atoms with Gasteiger partial charge in [-0.25, -0.2) is 8.42 Å². The van der Waals surface area contributed by atoms with Crippen molar-refractivity contribution < 1.29 is 13.2 Å². The van der Waals surface area contributed by atoms with Gasteiger partial charge in [0.15, 0.2) is 9.84 Å². The van der Waals surface area contributed by atoms with Gasteiger partial charge in [0, 0.05) is 22.6 Å². The molecule has 1 heterocycles. The molecule has 138 valence electrons. The monoisotopic (exact) mass is 411 g/mol. The molecule has 1 fully saturated rings. The molecule has 0 aliphatic carbocycles. The highest BCUT2D eigenvalue weighted by molar-refractivity contribution is 7.92. The number of rotatable bonds is 5. The van der Waals surface area contributed by atoms with Crippen LogP contribution in [0.3, 0.4) is 0 Å². The second kappa shape index (κ2) is 7.99. The van der Waals surface area contributed by atoms with Crippen LogP contribution < -0.4 is 0 Å². The van der Waals surface area contributed by atoms with Crippen LogP contribution in [-0.4, -0.2) is 37.6 Å². The molecular formula is C19H19Cl2NO3S. The summed E-state index contributed by atoms with van der Waals surface area (Å²) in [6.07, 6.45) is 2.34. The molecule has 0 spiro atoms. The van der Waals surface area contributed by atoms with E-state index >= 15 is 0 Å². The van der Waals surface area contributed by atoms with E-state index in [0.29, 0.717) is 23.0 Å². The molecule has 1 unspecified atom stereocenters. The Morgan fingerprint density at radius 2 is 1.77 bits per heavy atom. The predicted molar refractivity (Wildman–Crippen MR) is 103 cm³/mol. The Bertz CT molecular complexity index is 897. The topological polar surface area (TPSA) is 54.5 Å². The standard InChI is InChI=1S/C19H19Cl2NO3S/c20-15-7-9-17(10-8-15)26(24,25)13-19(23)22-11-3-5-16(22)12-14-4-1-2-6-18(14)21/h1-2,4,6-10,16H,3,5,11-13H2. The van der Waals surface area contributed by atoms with Gasteiger partial charge in [0.25, 0.3) is 0 Å². The van der Waals surface area contributed by atoms with Gasteiger partial charge in [0.2, 0.25) is 5.91 Å². The quantitative estimate of drug-likeness (QED) is 0.746. The molecule has 4 nitrogen and oxygen atoms in total. The van der Waals surface area contributed by atoms with Gasteiger partial charge in [-0.2, -0.15) is 0 Å². The summed E-state index contributed by atoms with van der Waals surface area (Å²) in [4.78, 5) is 14.5. The maximum atomic E-state index is 12.7. The van der Waals surface area contributed by atoms with Gasteiger partial charge < -0.3 is 4.90 Å². The van der Waals surface area contributed by atoms with Crippen LogP contribution >= 0.6 is 23.2 Å². The van der Waals surface area contributed by atoms with Crippen LogP contribution in [0.5, 0.6) is 0 Å². The summed E-state index contributed by atoms with van der Waals surface area (Å²) in [7, 11) is -3.69. The van der Waals surface area contributed by atoms with Crippen LogP contribution in [0, 0.1) is 0 Å². The summed E-state index contributed by atoms with van der Waals surface area (Å²) in [6.45, 7) is 0.574. The number of likely N-dealkylation sites (tertiary alicyclic amines) is 1. The Kier molecular flexibility index (Phi) is 5.90. The van der Waals surface area contributed by atoms with Gasteiger partial charge in [-0.3, -0.25) is 4.79 Å². The van der Waals surface area contributed by atoms with E-state index in [4.69, 9.17) is 23.2 Å². The molecular weight excluding hydrogens is 393 g/mol. The molecule has 1 atom stereocenters. The summed E-state index contributed by atoms with van der Waals surface area (Å²) in [5.41, 5.74) is 0.972. The van der Waals surface area contributed by atoms with Gasteiger partial charge in [0.1, 0.15) is 5.75 Å². The molecule has 0 N–H and O–H groups in total. The van der Waals surface area contributed by atoms with Crippen molar-refractivity contribution >= 4 is 38.9 Å².